The fraction of sp³-hybridized carbons (Fsp3) is 0.417. The van der Waals surface area contributed by atoms with Crippen LogP contribution in [0.25, 0.3) is 11.1 Å². The lowest BCUT2D eigenvalue weighted by Gasteiger charge is -2.51. The second-order valence-corrected chi connectivity index (χ2v) is 8.53. The van der Waals surface area contributed by atoms with Crippen LogP contribution in [0.5, 0.6) is 0 Å². The first-order chi connectivity index (χ1) is 14.1. The highest BCUT2D eigenvalue weighted by molar-refractivity contribution is 5.82. The van der Waals surface area contributed by atoms with Crippen LogP contribution in [-0.4, -0.2) is 34.0 Å². The standard InChI is InChI=1S/C24H26N2O3/c27-22(12-13-23(28)29)26(17-7-8-17)24-18-9-11-20(18)25-21-10-6-16(14-19(21)24)15-4-2-1-3-5-15/h1-6,10,14,17-18,20,24-25H,7-9,11-13H2,(H,28,29). The molecule has 1 amide bonds. The van der Waals surface area contributed by atoms with Crippen molar-refractivity contribution in [2.75, 3.05) is 5.32 Å². The van der Waals surface area contributed by atoms with E-state index in [-0.39, 0.29) is 30.8 Å². The number of fused-ring (bicyclic) bond motifs is 2. The van der Waals surface area contributed by atoms with Gasteiger partial charge < -0.3 is 15.3 Å². The molecule has 2 N–H and O–H groups in total. The predicted molar refractivity (Wildman–Crippen MR) is 111 cm³/mol. The quantitative estimate of drug-likeness (QED) is 0.764. The third-order valence-electron chi connectivity index (χ3n) is 6.63. The summed E-state index contributed by atoms with van der Waals surface area (Å²) in [6.07, 6.45) is 4.26. The van der Waals surface area contributed by atoms with Crippen LogP contribution < -0.4 is 5.32 Å². The van der Waals surface area contributed by atoms with Gasteiger partial charge in [0.1, 0.15) is 0 Å². The van der Waals surface area contributed by atoms with Gasteiger partial charge in [-0.05, 0) is 54.5 Å². The maximum atomic E-state index is 13.1. The van der Waals surface area contributed by atoms with Gasteiger partial charge in [-0.1, -0.05) is 36.4 Å². The number of amides is 1. The molecule has 2 aliphatic carbocycles. The molecular weight excluding hydrogens is 364 g/mol. The van der Waals surface area contributed by atoms with Gasteiger partial charge in [-0.25, -0.2) is 0 Å². The van der Waals surface area contributed by atoms with Crippen LogP contribution >= 0.6 is 0 Å². The topological polar surface area (TPSA) is 69.6 Å². The Kier molecular flexibility index (Phi) is 4.53. The first-order valence-corrected chi connectivity index (χ1v) is 10.6. The largest absolute Gasteiger partial charge is 0.481 e. The molecule has 3 unspecified atom stereocenters. The summed E-state index contributed by atoms with van der Waals surface area (Å²) in [7, 11) is 0. The summed E-state index contributed by atoms with van der Waals surface area (Å²) in [6, 6.07) is 17.5. The average Bonchev–Trinajstić information content (AvgIpc) is 3.54. The molecule has 3 atom stereocenters. The molecule has 0 radical (unpaired) electrons. The van der Waals surface area contributed by atoms with Crippen LogP contribution in [0, 0.1) is 5.92 Å². The minimum absolute atomic E-state index is 0.0106. The molecule has 5 heteroatoms. The van der Waals surface area contributed by atoms with E-state index in [2.05, 4.69) is 35.6 Å². The maximum Gasteiger partial charge on any atom is 0.303 e. The summed E-state index contributed by atoms with van der Waals surface area (Å²) in [4.78, 5) is 26.2. The number of anilines is 1. The van der Waals surface area contributed by atoms with Crippen LogP contribution in [0.1, 0.15) is 50.1 Å². The van der Waals surface area contributed by atoms with Crippen molar-refractivity contribution in [2.24, 2.45) is 5.92 Å². The van der Waals surface area contributed by atoms with Gasteiger partial charge in [0.25, 0.3) is 0 Å². The van der Waals surface area contributed by atoms with Crippen molar-refractivity contribution in [3.05, 3.63) is 54.1 Å². The van der Waals surface area contributed by atoms with Crippen molar-refractivity contribution >= 4 is 17.6 Å². The van der Waals surface area contributed by atoms with E-state index in [4.69, 9.17) is 5.11 Å². The van der Waals surface area contributed by atoms with E-state index < -0.39 is 5.97 Å². The van der Waals surface area contributed by atoms with E-state index in [1.54, 1.807) is 0 Å². The van der Waals surface area contributed by atoms with E-state index in [1.807, 2.05) is 23.1 Å². The van der Waals surface area contributed by atoms with Gasteiger partial charge >= 0.3 is 5.97 Å². The minimum Gasteiger partial charge on any atom is -0.481 e. The summed E-state index contributed by atoms with van der Waals surface area (Å²) in [6.45, 7) is 0. The highest BCUT2D eigenvalue weighted by Crippen LogP contribution is 2.52. The third kappa shape index (κ3) is 3.39. The first kappa shape index (κ1) is 18.2. The normalized spacial score (nSPS) is 24.5. The van der Waals surface area contributed by atoms with E-state index in [9.17, 15) is 9.59 Å². The lowest BCUT2D eigenvalue weighted by molar-refractivity contribution is -0.143. The van der Waals surface area contributed by atoms with Crippen molar-refractivity contribution in [3.8, 4) is 11.1 Å². The number of carboxylic acids is 1. The third-order valence-corrected chi connectivity index (χ3v) is 6.63. The maximum absolute atomic E-state index is 13.1. The average molecular weight is 390 g/mol. The summed E-state index contributed by atoms with van der Waals surface area (Å²) >= 11 is 0. The number of hydrogen-bond donors (Lipinski definition) is 2. The number of rotatable bonds is 6. The molecule has 0 saturated heterocycles. The van der Waals surface area contributed by atoms with Crippen LogP contribution in [-0.2, 0) is 9.59 Å². The number of carbonyl (C=O) groups is 2. The molecule has 29 heavy (non-hydrogen) atoms. The molecule has 3 aliphatic rings. The Morgan fingerprint density at radius 2 is 1.76 bits per heavy atom. The van der Waals surface area contributed by atoms with E-state index in [0.29, 0.717) is 12.0 Å². The summed E-state index contributed by atoms with van der Waals surface area (Å²) in [5.74, 6) is -0.515. The molecule has 0 spiro atoms. The summed E-state index contributed by atoms with van der Waals surface area (Å²) < 4.78 is 0. The number of nitrogens with one attached hydrogen (secondary N) is 1. The van der Waals surface area contributed by atoms with Gasteiger partial charge in [-0.2, -0.15) is 0 Å². The molecule has 1 heterocycles. The fourth-order valence-corrected chi connectivity index (χ4v) is 4.90. The molecule has 1 aliphatic heterocycles. The van der Waals surface area contributed by atoms with Gasteiger partial charge in [-0.3, -0.25) is 9.59 Å². The van der Waals surface area contributed by atoms with Gasteiger partial charge in [0.2, 0.25) is 5.91 Å². The second kappa shape index (κ2) is 7.21. The zero-order valence-corrected chi connectivity index (χ0v) is 16.4. The molecule has 2 fully saturated rings. The Morgan fingerprint density at radius 3 is 2.41 bits per heavy atom. The highest BCUT2D eigenvalue weighted by Gasteiger charge is 2.49. The molecule has 5 nitrogen and oxygen atoms in total. The Balaban J connectivity index is 1.53. The molecule has 150 valence electrons. The zero-order chi connectivity index (χ0) is 20.0. The SMILES string of the molecule is O=C(O)CCC(=O)N(C1CC1)C1c2cc(-c3ccccc3)ccc2NC2CCC21. The van der Waals surface area contributed by atoms with E-state index in [1.165, 1.54) is 11.1 Å². The molecule has 2 saturated carbocycles. The number of nitrogens with zero attached hydrogens (tertiary/aromatic N) is 1. The Bertz CT molecular complexity index is 938. The monoisotopic (exact) mass is 390 g/mol. The van der Waals surface area contributed by atoms with Crippen LogP contribution in [0.15, 0.2) is 48.5 Å². The Morgan fingerprint density at radius 1 is 0.966 bits per heavy atom. The first-order valence-electron chi connectivity index (χ1n) is 10.6. The molecule has 0 bridgehead atoms. The number of aliphatic carboxylic acids is 1. The lowest BCUT2D eigenvalue weighted by Crippen LogP contribution is -2.52. The van der Waals surface area contributed by atoms with Crippen molar-refractivity contribution in [3.63, 3.8) is 0 Å². The van der Waals surface area contributed by atoms with E-state index in [0.717, 1.165) is 36.9 Å². The molecule has 2 aromatic carbocycles. The molecule has 5 rings (SSSR count). The van der Waals surface area contributed by atoms with Crippen molar-refractivity contribution in [2.45, 2.75) is 56.7 Å². The smallest absolute Gasteiger partial charge is 0.303 e. The van der Waals surface area contributed by atoms with Crippen LogP contribution in [0.3, 0.4) is 0 Å². The van der Waals surface area contributed by atoms with Gasteiger partial charge in [0, 0.05) is 30.1 Å². The minimum atomic E-state index is -0.910. The molecular formula is C24H26N2O3. The summed E-state index contributed by atoms with van der Waals surface area (Å²) in [5.41, 5.74) is 4.62. The van der Waals surface area contributed by atoms with Crippen molar-refractivity contribution < 1.29 is 14.7 Å². The predicted octanol–water partition coefficient (Wildman–Crippen LogP) is 4.45. The molecule has 2 aromatic rings. The number of carbonyl (C=O) groups excluding carboxylic acids is 1. The Labute approximate surface area is 170 Å². The second-order valence-electron chi connectivity index (χ2n) is 8.53. The Hall–Kier alpha value is -2.82. The number of benzene rings is 2. The summed E-state index contributed by atoms with van der Waals surface area (Å²) in [5, 5.41) is 12.7. The van der Waals surface area contributed by atoms with Crippen LogP contribution in [0.2, 0.25) is 0 Å². The number of hydrogen-bond acceptors (Lipinski definition) is 3. The zero-order valence-electron chi connectivity index (χ0n) is 16.4. The van der Waals surface area contributed by atoms with Crippen LogP contribution in [0.4, 0.5) is 5.69 Å². The van der Waals surface area contributed by atoms with Gasteiger partial charge in [0.05, 0.1) is 12.5 Å². The van der Waals surface area contributed by atoms with Gasteiger partial charge in [-0.15, -0.1) is 0 Å². The van der Waals surface area contributed by atoms with Gasteiger partial charge in [0.15, 0.2) is 0 Å². The number of carboxylic acid groups (broad SMARTS) is 1. The highest BCUT2D eigenvalue weighted by atomic mass is 16.4. The van der Waals surface area contributed by atoms with Crippen molar-refractivity contribution in [1.29, 1.82) is 0 Å². The molecule has 0 aromatic heterocycles. The lowest BCUT2D eigenvalue weighted by atomic mass is 9.68. The fourth-order valence-electron chi connectivity index (χ4n) is 4.90. The van der Waals surface area contributed by atoms with Crippen molar-refractivity contribution in [1.82, 2.24) is 4.90 Å². The van der Waals surface area contributed by atoms with E-state index >= 15 is 0 Å².